The number of amides is 1. The molecule has 0 saturated heterocycles. The number of nitrogens with one attached hydrogen (secondary N) is 2. The highest BCUT2D eigenvalue weighted by molar-refractivity contribution is 5.96. The highest BCUT2D eigenvalue weighted by Gasteiger charge is 2.16. The van der Waals surface area contributed by atoms with Crippen molar-refractivity contribution < 1.29 is 9.53 Å². The Bertz CT molecular complexity index is 1860. The van der Waals surface area contributed by atoms with Gasteiger partial charge in [-0.05, 0) is 62.2 Å². The SMILES string of the molecule is COc1ccccc1C(=O)NCCCCNc1nc2cc(-c3nc4ccccc4n3C)ccc2n2c(C)nnc12. The lowest BCUT2D eigenvalue weighted by atomic mass is 10.1. The lowest BCUT2D eigenvalue weighted by Crippen LogP contribution is -2.25. The Hall–Kier alpha value is -4.99. The number of fused-ring (bicyclic) bond motifs is 4. The van der Waals surface area contributed by atoms with Crippen LogP contribution in [-0.4, -0.2) is 55.2 Å². The molecule has 2 N–H and O–H groups in total. The summed E-state index contributed by atoms with van der Waals surface area (Å²) in [5.74, 6) is 2.78. The van der Waals surface area contributed by atoms with Crippen molar-refractivity contribution in [1.82, 2.24) is 34.4 Å². The number of hydrogen-bond donors (Lipinski definition) is 2. The molecule has 3 aromatic heterocycles. The van der Waals surface area contributed by atoms with Gasteiger partial charge in [-0.3, -0.25) is 9.20 Å². The number of carbonyl (C=O) groups excluding carboxylic acids is 1. The summed E-state index contributed by atoms with van der Waals surface area (Å²) in [6.45, 7) is 3.17. The zero-order chi connectivity index (χ0) is 27.6. The number of rotatable bonds is 9. The molecule has 10 nitrogen and oxygen atoms in total. The van der Waals surface area contributed by atoms with E-state index in [1.165, 1.54) is 0 Å². The number of carbonyl (C=O) groups is 1. The van der Waals surface area contributed by atoms with Crippen molar-refractivity contribution in [2.24, 2.45) is 7.05 Å². The molecule has 0 atom stereocenters. The summed E-state index contributed by atoms with van der Waals surface area (Å²) in [4.78, 5) is 22.3. The fourth-order valence-electron chi connectivity index (χ4n) is 5.02. The quantitative estimate of drug-likeness (QED) is 0.257. The molecule has 6 aromatic rings. The van der Waals surface area contributed by atoms with E-state index in [1.54, 1.807) is 19.2 Å². The third-order valence-electron chi connectivity index (χ3n) is 7.06. The average Bonchev–Trinajstić information content (AvgIpc) is 3.54. The molecule has 0 aliphatic rings. The molecule has 0 saturated carbocycles. The molecule has 0 fully saturated rings. The molecule has 0 aliphatic carbocycles. The molecule has 0 spiro atoms. The van der Waals surface area contributed by atoms with Gasteiger partial charge < -0.3 is 19.9 Å². The van der Waals surface area contributed by atoms with Crippen molar-refractivity contribution in [3.63, 3.8) is 0 Å². The summed E-state index contributed by atoms with van der Waals surface area (Å²) in [5, 5.41) is 15.1. The first kappa shape index (κ1) is 25.3. The van der Waals surface area contributed by atoms with Crippen LogP contribution in [0.2, 0.25) is 0 Å². The van der Waals surface area contributed by atoms with Gasteiger partial charge in [0.2, 0.25) is 5.65 Å². The molecule has 0 unspecified atom stereocenters. The molecule has 202 valence electrons. The van der Waals surface area contributed by atoms with Gasteiger partial charge in [-0.25, -0.2) is 9.97 Å². The highest BCUT2D eigenvalue weighted by Crippen LogP contribution is 2.28. The number of imidazole rings is 1. The molecule has 0 aliphatic heterocycles. The van der Waals surface area contributed by atoms with Crippen molar-refractivity contribution in [1.29, 1.82) is 0 Å². The molecule has 6 rings (SSSR count). The van der Waals surface area contributed by atoms with Gasteiger partial charge in [-0.1, -0.05) is 24.3 Å². The van der Waals surface area contributed by atoms with Crippen LogP contribution in [0.5, 0.6) is 5.75 Å². The van der Waals surface area contributed by atoms with Crippen LogP contribution in [0.3, 0.4) is 0 Å². The maximum Gasteiger partial charge on any atom is 0.255 e. The number of para-hydroxylation sites is 3. The standard InChI is InChI=1S/C30H30N8O2/c1-19-35-36-29-27(31-16-8-9-17-32-30(39)21-10-4-7-13-26(21)40-3)33-23-18-20(14-15-25(23)38(19)29)28-34-22-11-5-6-12-24(22)37(28)2/h4-7,10-15,18H,8-9,16-17H2,1-3H3,(H,31,33)(H,32,39). The Balaban J connectivity index is 1.18. The summed E-state index contributed by atoms with van der Waals surface area (Å²) in [6, 6.07) is 21.5. The number of nitrogens with zero attached hydrogens (tertiary/aromatic N) is 6. The molecule has 0 bridgehead atoms. The van der Waals surface area contributed by atoms with E-state index in [0.29, 0.717) is 35.9 Å². The molecule has 40 heavy (non-hydrogen) atoms. The van der Waals surface area contributed by atoms with Crippen LogP contribution in [0.4, 0.5) is 5.82 Å². The van der Waals surface area contributed by atoms with Crippen molar-refractivity contribution >= 4 is 39.4 Å². The summed E-state index contributed by atoms with van der Waals surface area (Å²) in [5.41, 5.74) is 6.00. The summed E-state index contributed by atoms with van der Waals surface area (Å²) in [6.07, 6.45) is 1.64. The number of methoxy groups -OCH3 is 1. The first-order chi connectivity index (χ1) is 19.5. The van der Waals surface area contributed by atoms with Gasteiger partial charge in [-0.15, -0.1) is 10.2 Å². The van der Waals surface area contributed by atoms with E-state index >= 15 is 0 Å². The molecule has 10 heteroatoms. The van der Waals surface area contributed by atoms with E-state index in [9.17, 15) is 4.79 Å². The fraction of sp³-hybridized carbons (Fsp3) is 0.233. The average molecular weight is 535 g/mol. The van der Waals surface area contributed by atoms with E-state index in [-0.39, 0.29) is 5.91 Å². The smallest absolute Gasteiger partial charge is 0.255 e. The van der Waals surface area contributed by atoms with Crippen LogP contribution in [0, 0.1) is 6.92 Å². The highest BCUT2D eigenvalue weighted by atomic mass is 16.5. The van der Waals surface area contributed by atoms with Crippen LogP contribution < -0.4 is 15.4 Å². The van der Waals surface area contributed by atoms with Crippen molar-refractivity contribution in [2.45, 2.75) is 19.8 Å². The number of aryl methyl sites for hydroxylation is 2. The Kier molecular flexibility index (Phi) is 6.73. The number of anilines is 1. The molecular formula is C30H30N8O2. The van der Waals surface area contributed by atoms with E-state index in [4.69, 9.17) is 14.7 Å². The van der Waals surface area contributed by atoms with Crippen molar-refractivity contribution in [3.05, 3.63) is 78.1 Å². The minimum absolute atomic E-state index is 0.140. The van der Waals surface area contributed by atoms with E-state index in [1.807, 2.05) is 48.7 Å². The monoisotopic (exact) mass is 534 g/mol. The van der Waals surface area contributed by atoms with E-state index in [0.717, 1.165) is 52.1 Å². The summed E-state index contributed by atoms with van der Waals surface area (Å²) in [7, 11) is 3.59. The lowest BCUT2D eigenvalue weighted by molar-refractivity contribution is 0.0950. The van der Waals surface area contributed by atoms with Crippen molar-refractivity contribution in [3.8, 4) is 17.1 Å². The lowest BCUT2D eigenvalue weighted by Gasteiger charge is -2.11. The zero-order valence-corrected chi connectivity index (χ0v) is 22.7. The predicted octanol–water partition coefficient (Wildman–Crippen LogP) is 4.77. The van der Waals surface area contributed by atoms with Gasteiger partial charge in [0.1, 0.15) is 17.4 Å². The second kappa shape index (κ2) is 10.6. The Morgan fingerprint density at radius 3 is 2.55 bits per heavy atom. The minimum atomic E-state index is -0.140. The maximum absolute atomic E-state index is 12.5. The maximum atomic E-state index is 12.5. The van der Waals surface area contributed by atoms with E-state index in [2.05, 4.69) is 49.7 Å². The Morgan fingerprint density at radius 2 is 1.70 bits per heavy atom. The molecule has 3 aromatic carbocycles. The first-order valence-corrected chi connectivity index (χ1v) is 13.3. The number of ether oxygens (including phenoxy) is 1. The van der Waals surface area contributed by atoms with Gasteiger partial charge in [0.15, 0.2) is 5.82 Å². The summed E-state index contributed by atoms with van der Waals surface area (Å²) >= 11 is 0. The Morgan fingerprint density at radius 1 is 0.900 bits per heavy atom. The van der Waals surface area contributed by atoms with Crippen LogP contribution in [0.15, 0.2) is 66.7 Å². The number of aromatic nitrogens is 6. The van der Waals surface area contributed by atoms with Gasteiger partial charge in [-0.2, -0.15) is 0 Å². The van der Waals surface area contributed by atoms with Gasteiger partial charge >= 0.3 is 0 Å². The van der Waals surface area contributed by atoms with Gasteiger partial charge in [0.05, 0.1) is 34.7 Å². The molecule has 3 heterocycles. The fourth-order valence-corrected chi connectivity index (χ4v) is 5.02. The number of hydrogen-bond acceptors (Lipinski definition) is 7. The molecule has 0 radical (unpaired) electrons. The van der Waals surface area contributed by atoms with Gasteiger partial charge in [0, 0.05) is 25.7 Å². The topological polar surface area (TPSA) is 111 Å². The first-order valence-electron chi connectivity index (χ1n) is 13.3. The predicted molar refractivity (Wildman–Crippen MR) is 156 cm³/mol. The molecular weight excluding hydrogens is 504 g/mol. The normalized spacial score (nSPS) is 11.4. The summed E-state index contributed by atoms with van der Waals surface area (Å²) < 4.78 is 9.41. The second-order valence-corrected chi connectivity index (χ2v) is 9.64. The van der Waals surface area contributed by atoms with Crippen LogP contribution in [0.1, 0.15) is 29.0 Å². The second-order valence-electron chi connectivity index (χ2n) is 9.64. The number of unbranched alkanes of at least 4 members (excludes halogenated alkanes) is 1. The number of benzene rings is 3. The van der Waals surface area contributed by atoms with E-state index < -0.39 is 0 Å². The zero-order valence-electron chi connectivity index (χ0n) is 22.7. The van der Waals surface area contributed by atoms with Gasteiger partial charge in [0.25, 0.3) is 5.91 Å². The van der Waals surface area contributed by atoms with Crippen LogP contribution in [-0.2, 0) is 7.05 Å². The third-order valence-corrected chi connectivity index (χ3v) is 7.06. The largest absolute Gasteiger partial charge is 0.496 e. The van der Waals surface area contributed by atoms with Crippen LogP contribution >= 0.6 is 0 Å². The molecule has 1 amide bonds. The minimum Gasteiger partial charge on any atom is -0.496 e. The third kappa shape index (κ3) is 4.57. The van der Waals surface area contributed by atoms with Crippen LogP contribution in [0.25, 0.3) is 39.1 Å². The Labute approximate surface area is 231 Å². The van der Waals surface area contributed by atoms with Crippen molar-refractivity contribution in [2.75, 3.05) is 25.5 Å².